The second-order valence-corrected chi connectivity index (χ2v) is 6.57. The molecule has 1 atom stereocenters. The number of nitrogens with zero attached hydrogens (tertiary/aromatic N) is 1. The molecule has 1 aliphatic carbocycles. The molecule has 1 unspecified atom stereocenters. The van der Waals surface area contributed by atoms with Gasteiger partial charge in [-0.1, -0.05) is 18.2 Å². The van der Waals surface area contributed by atoms with Crippen LogP contribution in [0.2, 0.25) is 0 Å². The fourth-order valence-corrected chi connectivity index (χ4v) is 3.26. The summed E-state index contributed by atoms with van der Waals surface area (Å²) < 4.78 is 5.82. The molecule has 0 amide bonds. The first kappa shape index (κ1) is 16.7. The summed E-state index contributed by atoms with van der Waals surface area (Å²) in [6.07, 6.45) is 4.19. The van der Waals surface area contributed by atoms with Crippen LogP contribution in [0.3, 0.4) is 0 Å². The predicted octanol–water partition coefficient (Wildman–Crippen LogP) is 3.20. The minimum absolute atomic E-state index is 0.0582. The van der Waals surface area contributed by atoms with Crippen molar-refractivity contribution in [2.75, 3.05) is 6.61 Å². The fraction of sp³-hybridized carbons (Fsp3) is 0.400. The van der Waals surface area contributed by atoms with Gasteiger partial charge in [-0.15, -0.1) is 0 Å². The van der Waals surface area contributed by atoms with E-state index in [4.69, 9.17) is 9.84 Å². The lowest BCUT2D eigenvalue weighted by atomic mass is 9.81. The van der Waals surface area contributed by atoms with E-state index < -0.39 is 0 Å². The van der Waals surface area contributed by atoms with Crippen LogP contribution in [0.5, 0.6) is 5.88 Å². The van der Waals surface area contributed by atoms with E-state index in [0.717, 1.165) is 24.0 Å². The molecule has 0 fully saturated rings. The van der Waals surface area contributed by atoms with Gasteiger partial charge in [0.2, 0.25) is 5.88 Å². The maximum atomic E-state index is 11.8. The molecule has 1 N–H and O–H groups in total. The van der Waals surface area contributed by atoms with Crippen molar-refractivity contribution in [1.82, 2.24) is 4.98 Å². The third-order valence-corrected chi connectivity index (χ3v) is 4.48. The minimum atomic E-state index is -0.366. The van der Waals surface area contributed by atoms with Gasteiger partial charge in [0.15, 0.2) is 5.78 Å². The third kappa shape index (κ3) is 3.49. The molecular formula is C20H23NO3. The number of benzene rings is 1. The number of aryl methyl sites for hydroxylation is 1. The molecule has 0 spiro atoms. The van der Waals surface area contributed by atoms with Crippen LogP contribution in [-0.2, 0) is 17.6 Å². The first-order valence-electron chi connectivity index (χ1n) is 8.46. The fourth-order valence-electron chi connectivity index (χ4n) is 3.26. The first-order chi connectivity index (χ1) is 11.6. The number of Topliss-reactive ketones (excluding diaryl/α,β-unsaturated/α-hetero) is 1. The summed E-state index contributed by atoms with van der Waals surface area (Å²) in [7, 11) is 0. The summed E-state index contributed by atoms with van der Waals surface area (Å²) in [4.78, 5) is 16.2. The second kappa shape index (κ2) is 7.14. The molecular weight excluding hydrogens is 302 g/mol. The van der Waals surface area contributed by atoms with Crippen LogP contribution in [-0.4, -0.2) is 28.6 Å². The summed E-state index contributed by atoms with van der Waals surface area (Å²) in [5.74, 6) is 0.500. The van der Waals surface area contributed by atoms with Gasteiger partial charge in [-0.05, 0) is 61.9 Å². The van der Waals surface area contributed by atoms with E-state index in [0.29, 0.717) is 12.3 Å². The summed E-state index contributed by atoms with van der Waals surface area (Å²) >= 11 is 0. The zero-order chi connectivity index (χ0) is 17.1. The number of hydrogen-bond donors (Lipinski definition) is 1. The number of aliphatic hydroxyl groups is 1. The largest absolute Gasteiger partial charge is 0.475 e. The number of hydrogen-bond acceptors (Lipinski definition) is 4. The number of rotatable bonds is 5. The van der Waals surface area contributed by atoms with Crippen LogP contribution in [0, 0.1) is 5.92 Å². The highest BCUT2D eigenvalue weighted by atomic mass is 16.5. The molecule has 4 nitrogen and oxygen atoms in total. The highest BCUT2D eigenvalue weighted by molar-refractivity contribution is 5.82. The Morgan fingerprint density at radius 3 is 2.92 bits per heavy atom. The van der Waals surface area contributed by atoms with Gasteiger partial charge >= 0.3 is 0 Å². The number of ether oxygens (including phenoxy) is 1. The zero-order valence-electron chi connectivity index (χ0n) is 14.2. The number of aromatic nitrogens is 1. The first-order valence-corrected chi connectivity index (χ1v) is 8.46. The Morgan fingerprint density at radius 1 is 1.33 bits per heavy atom. The van der Waals surface area contributed by atoms with Gasteiger partial charge in [-0.3, -0.25) is 4.79 Å². The maximum absolute atomic E-state index is 11.8. The Hall–Kier alpha value is -2.20. The predicted molar refractivity (Wildman–Crippen MR) is 93.0 cm³/mol. The van der Waals surface area contributed by atoms with Gasteiger partial charge in [0.05, 0.1) is 6.10 Å². The molecule has 1 aromatic heterocycles. The van der Waals surface area contributed by atoms with E-state index in [9.17, 15) is 4.79 Å². The summed E-state index contributed by atoms with van der Waals surface area (Å²) in [6.45, 7) is 3.60. The second-order valence-electron chi connectivity index (χ2n) is 6.57. The summed E-state index contributed by atoms with van der Waals surface area (Å²) in [5.41, 5.74) is 4.49. The van der Waals surface area contributed by atoms with Gasteiger partial charge in [0.25, 0.3) is 0 Å². The molecule has 2 aromatic rings. The quantitative estimate of drug-likeness (QED) is 0.917. The Labute approximate surface area is 142 Å². The Balaban J connectivity index is 1.93. The van der Waals surface area contributed by atoms with Crippen LogP contribution < -0.4 is 4.74 Å². The molecule has 4 heteroatoms. The van der Waals surface area contributed by atoms with Gasteiger partial charge in [0.1, 0.15) is 6.61 Å². The van der Waals surface area contributed by atoms with E-state index in [1.54, 1.807) is 6.20 Å². The molecule has 3 rings (SSSR count). The Morgan fingerprint density at radius 2 is 2.17 bits per heavy atom. The molecule has 126 valence electrons. The maximum Gasteiger partial charge on any atom is 0.221 e. The lowest BCUT2D eigenvalue weighted by Gasteiger charge is -2.24. The molecule has 1 aliphatic rings. The minimum Gasteiger partial charge on any atom is -0.475 e. The molecule has 1 aromatic carbocycles. The average molecular weight is 325 g/mol. The lowest BCUT2D eigenvalue weighted by molar-refractivity contribution is -0.125. The van der Waals surface area contributed by atoms with Gasteiger partial charge in [0, 0.05) is 17.7 Å². The number of ketones is 1. The third-order valence-electron chi connectivity index (χ3n) is 4.48. The highest BCUT2D eigenvalue weighted by Gasteiger charge is 2.24. The standard InChI is InChI=1S/C20H23NO3/c1-13(2)24-20-18(4-3-9-21-20)15-7-5-14-6-8-16(19(23)12-22)11-17(14)10-15/h3-5,7,9-10,13,16,22H,6,8,11-12H2,1-2H3. The van der Waals surface area contributed by atoms with Crippen LogP contribution in [0.1, 0.15) is 31.4 Å². The van der Waals surface area contributed by atoms with Crippen LogP contribution in [0.25, 0.3) is 11.1 Å². The van der Waals surface area contributed by atoms with Crippen molar-refractivity contribution < 1.29 is 14.6 Å². The molecule has 0 saturated heterocycles. The van der Waals surface area contributed by atoms with Crippen molar-refractivity contribution in [3.05, 3.63) is 47.7 Å². The SMILES string of the molecule is CC(C)Oc1ncccc1-c1ccc2c(c1)CC(C(=O)CO)CC2. The van der Waals surface area contributed by atoms with Crippen molar-refractivity contribution >= 4 is 5.78 Å². The van der Waals surface area contributed by atoms with Gasteiger partial charge in [-0.2, -0.15) is 0 Å². The smallest absolute Gasteiger partial charge is 0.221 e. The molecule has 1 heterocycles. The molecule has 0 bridgehead atoms. The Bertz CT molecular complexity index is 739. The zero-order valence-corrected chi connectivity index (χ0v) is 14.2. The van der Waals surface area contributed by atoms with Crippen molar-refractivity contribution in [2.45, 2.75) is 39.2 Å². The monoisotopic (exact) mass is 325 g/mol. The van der Waals surface area contributed by atoms with E-state index in [2.05, 4.69) is 23.2 Å². The van der Waals surface area contributed by atoms with E-state index in [1.165, 1.54) is 11.1 Å². The molecule has 0 radical (unpaired) electrons. The van der Waals surface area contributed by atoms with Crippen molar-refractivity contribution in [2.24, 2.45) is 5.92 Å². The number of fused-ring (bicyclic) bond motifs is 1. The van der Waals surface area contributed by atoms with Crippen molar-refractivity contribution in [3.8, 4) is 17.0 Å². The number of pyridine rings is 1. The normalized spacial score (nSPS) is 16.8. The number of carbonyl (C=O) groups excluding carboxylic acids is 1. The summed E-state index contributed by atoms with van der Waals surface area (Å²) in [6, 6.07) is 10.3. The van der Waals surface area contributed by atoms with Gasteiger partial charge < -0.3 is 9.84 Å². The number of carbonyl (C=O) groups is 1. The topological polar surface area (TPSA) is 59.4 Å². The Kier molecular flexibility index (Phi) is 4.95. The van der Waals surface area contributed by atoms with Crippen LogP contribution >= 0.6 is 0 Å². The van der Waals surface area contributed by atoms with Gasteiger partial charge in [-0.25, -0.2) is 4.98 Å². The lowest BCUT2D eigenvalue weighted by Crippen LogP contribution is -2.25. The molecule has 24 heavy (non-hydrogen) atoms. The summed E-state index contributed by atoms with van der Waals surface area (Å²) in [5, 5.41) is 9.11. The molecule has 0 saturated carbocycles. The van der Waals surface area contributed by atoms with E-state index >= 15 is 0 Å². The highest BCUT2D eigenvalue weighted by Crippen LogP contribution is 2.33. The molecule has 0 aliphatic heterocycles. The number of aliphatic hydroxyl groups excluding tert-OH is 1. The van der Waals surface area contributed by atoms with Crippen LogP contribution in [0.4, 0.5) is 0 Å². The van der Waals surface area contributed by atoms with Crippen molar-refractivity contribution in [3.63, 3.8) is 0 Å². The van der Waals surface area contributed by atoms with Crippen molar-refractivity contribution in [1.29, 1.82) is 0 Å². The van der Waals surface area contributed by atoms with E-state index in [1.807, 2.05) is 26.0 Å². The van der Waals surface area contributed by atoms with E-state index in [-0.39, 0.29) is 24.4 Å². The van der Waals surface area contributed by atoms with Crippen LogP contribution in [0.15, 0.2) is 36.5 Å². The average Bonchev–Trinajstić information content (AvgIpc) is 2.60.